The van der Waals surface area contributed by atoms with Crippen molar-refractivity contribution in [2.75, 3.05) is 18.1 Å². The van der Waals surface area contributed by atoms with Crippen LogP contribution in [0.1, 0.15) is 37.4 Å². The van der Waals surface area contributed by atoms with E-state index >= 15 is 0 Å². The third-order valence-electron chi connectivity index (χ3n) is 4.61. The average molecular weight is 314 g/mol. The van der Waals surface area contributed by atoms with Gasteiger partial charge in [-0.1, -0.05) is 0 Å². The Labute approximate surface area is 127 Å². The Balaban J connectivity index is 1.76. The van der Waals surface area contributed by atoms with Crippen molar-refractivity contribution >= 4 is 11.8 Å². The summed E-state index contributed by atoms with van der Waals surface area (Å²) in [6.45, 7) is 0.615. The fourth-order valence-electron chi connectivity index (χ4n) is 3.45. The standard InChI is InChI=1S/C16H20F2O2S/c17-13-7-12(8-14(18)9-13)15(19)11-1-4-20-16(10-11)2-5-21-6-3-16/h7-9,11,15,19H,1-6,10H2. The van der Waals surface area contributed by atoms with Crippen LogP contribution in [0.15, 0.2) is 18.2 Å². The number of halogens is 2. The molecule has 2 fully saturated rings. The van der Waals surface area contributed by atoms with Crippen molar-refractivity contribution in [1.82, 2.24) is 0 Å². The molecule has 0 bridgehead atoms. The summed E-state index contributed by atoms with van der Waals surface area (Å²) in [6, 6.07) is 3.29. The molecule has 1 aromatic rings. The highest BCUT2D eigenvalue weighted by molar-refractivity contribution is 7.99. The number of benzene rings is 1. The van der Waals surface area contributed by atoms with Gasteiger partial charge in [0.1, 0.15) is 11.6 Å². The molecule has 1 spiro atoms. The Kier molecular flexibility index (Phi) is 4.52. The summed E-state index contributed by atoms with van der Waals surface area (Å²) in [5.74, 6) is 0.886. The van der Waals surface area contributed by atoms with Crippen LogP contribution < -0.4 is 0 Å². The first-order valence-corrected chi connectivity index (χ1v) is 8.59. The zero-order chi connectivity index (χ0) is 14.9. The maximum Gasteiger partial charge on any atom is 0.126 e. The van der Waals surface area contributed by atoms with Crippen molar-refractivity contribution in [3.05, 3.63) is 35.4 Å². The van der Waals surface area contributed by atoms with Gasteiger partial charge in [-0.15, -0.1) is 0 Å². The molecule has 21 heavy (non-hydrogen) atoms. The van der Waals surface area contributed by atoms with Crippen molar-refractivity contribution in [3.63, 3.8) is 0 Å². The maximum absolute atomic E-state index is 13.3. The monoisotopic (exact) mass is 314 g/mol. The Morgan fingerprint density at radius 1 is 1.19 bits per heavy atom. The SMILES string of the molecule is OC(c1cc(F)cc(F)c1)C1CCOC2(CCSCC2)C1. The molecule has 0 radical (unpaired) electrons. The molecular formula is C16H20F2O2S. The van der Waals surface area contributed by atoms with Gasteiger partial charge in [0.2, 0.25) is 0 Å². The molecule has 2 nitrogen and oxygen atoms in total. The molecule has 2 unspecified atom stereocenters. The summed E-state index contributed by atoms with van der Waals surface area (Å²) in [5, 5.41) is 10.5. The van der Waals surface area contributed by atoms with E-state index in [0.717, 1.165) is 43.3 Å². The van der Waals surface area contributed by atoms with E-state index in [4.69, 9.17) is 4.74 Å². The molecule has 0 aliphatic carbocycles. The smallest absolute Gasteiger partial charge is 0.126 e. The van der Waals surface area contributed by atoms with E-state index < -0.39 is 17.7 Å². The first-order valence-electron chi connectivity index (χ1n) is 7.44. The van der Waals surface area contributed by atoms with Crippen LogP contribution in [0.5, 0.6) is 0 Å². The van der Waals surface area contributed by atoms with Gasteiger partial charge in [-0.05, 0) is 60.8 Å². The molecule has 2 saturated heterocycles. The van der Waals surface area contributed by atoms with E-state index in [1.165, 1.54) is 12.1 Å². The van der Waals surface area contributed by atoms with E-state index in [1.807, 2.05) is 11.8 Å². The number of rotatable bonds is 2. The van der Waals surface area contributed by atoms with Gasteiger partial charge >= 0.3 is 0 Å². The second-order valence-corrected chi connectivity index (χ2v) is 7.27. The first kappa shape index (κ1) is 15.3. The normalized spacial score (nSPS) is 26.7. The lowest BCUT2D eigenvalue weighted by molar-refractivity contribution is -0.121. The minimum Gasteiger partial charge on any atom is -0.388 e. The van der Waals surface area contributed by atoms with Crippen molar-refractivity contribution in [2.45, 2.75) is 37.4 Å². The van der Waals surface area contributed by atoms with E-state index in [1.54, 1.807) is 0 Å². The second-order valence-electron chi connectivity index (χ2n) is 6.04. The van der Waals surface area contributed by atoms with Gasteiger partial charge in [-0.25, -0.2) is 8.78 Å². The van der Waals surface area contributed by atoms with Crippen molar-refractivity contribution in [1.29, 1.82) is 0 Å². The lowest BCUT2D eigenvalue weighted by Crippen LogP contribution is -2.44. The molecule has 2 atom stereocenters. The van der Waals surface area contributed by atoms with Crippen molar-refractivity contribution < 1.29 is 18.6 Å². The summed E-state index contributed by atoms with van der Waals surface area (Å²) in [7, 11) is 0. The molecule has 1 N–H and O–H groups in total. The molecule has 0 amide bonds. The van der Waals surface area contributed by atoms with E-state index in [0.29, 0.717) is 12.2 Å². The third kappa shape index (κ3) is 3.41. The number of ether oxygens (including phenoxy) is 1. The zero-order valence-corrected chi connectivity index (χ0v) is 12.7. The van der Waals surface area contributed by atoms with E-state index in [-0.39, 0.29) is 11.5 Å². The van der Waals surface area contributed by atoms with Crippen LogP contribution in [0.3, 0.4) is 0 Å². The highest BCUT2D eigenvalue weighted by Crippen LogP contribution is 2.43. The molecule has 0 aromatic heterocycles. The molecule has 2 heterocycles. The lowest BCUT2D eigenvalue weighted by atomic mass is 9.78. The Bertz CT molecular complexity index is 477. The number of aliphatic hydroxyl groups is 1. The summed E-state index contributed by atoms with van der Waals surface area (Å²) in [5.41, 5.74) is 0.195. The Hall–Kier alpha value is -0.650. The molecule has 0 saturated carbocycles. The van der Waals surface area contributed by atoms with Gasteiger partial charge in [0.05, 0.1) is 11.7 Å². The topological polar surface area (TPSA) is 29.5 Å². The van der Waals surface area contributed by atoms with Gasteiger partial charge in [0, 0.05) is 12.7 Å². The van der Waals surface area contributed by atoms with Crippen molar-refractivity contribution in [3.8, 4) is 0 Å². The first-order chi connectivity index (χ1) is 10.1. The van der Waals surface area contributed by atoms with Gasteiger partial charge in [0.15, 0.2) is 0 Å². The fraction of sp³-hybridized carbons (Fsp3) is 0.625. The van der Waals surface area contributed by atoms with Crippen LogP contribution in [0, 0.1) is 17.6 Å². The number of hydrogen-bond donors (Lipinski definition) is 1. The predicted octanol–water partition coefficient (Wildman–Crippen LogP) is 3.69. The molecule has 1 aromatic carbocycles. The summed E-state index contributed by atoms with van der Waals surface area (Å²) < 4.78 is 32.6. The van der Waals surface area contributed by atoms with Crippen LogP contribution >= 0.6 is 11.8 Å². The number of aliphatic hydroxyl groups excluding tert-OH is 1. The largest absolute Gasteiger partial charge is 0.388 e. The number of hydrogen-bond acceptors (Lipinski definition) is 3. The van der Waals surface area contributed by atoms with E-state index in [9.17, 15) is 13.9 Å². The van der Waals surface area contributed by atoms with Gasteiger partial charge < -0.3 is 9.84 Å². The lowest BCUT2D eigenvalue weighted by Gasteiger charge is -2.44. The molecule has 2 aliphatic rings. The Morgan fingerprint density at radius 3 is 2.52 bits per heavy atom. The van der Waals surface area contributed by atoms with Crippen LogP contribution in [-0.4, -0.2) is 28.8 Å². The molecule has 3 rings (SSSR count). The fourth-order valence-corrected chi connectivity index (χ4v) is 4.68. The summed E-state index contributed by atoms with van der Waals surface area (Å²) in [4.78, 5) is 0. The zero-order valence-electron chi connectivity index (χ0n) is 11.9. The summed E-state index contributed by atoms with van der Waals surface area (Å²) >= 11 is 1.93. The number of thioether (sulfide) groups is 1. The average Bonchev–Trinajstić information content (AvgIpc) is 2.46. The van der Waals surface area contributed by atoms with Crippen LogP contribution in [0.4, 0.5) is 8.78 Å². The van der Waals surface area contributed by atoms with Gasteiger partial charge in [-0.2, -0.15) is 11.8 Å². The molecule has 2 aliphatic heterocycles. The summed E-state index contributed by atoms with van der Waals surface area (Å²) in [6.07, 6.45) is 2.67. The third-order valence-corrected chi connectivity index (χ3v) is 5.59. The minimum absolute atomic E-state index is 0.00282. The van der Waals surface area contributed by atoms with Crippen molar-refractivity contribution in [2.24, 2.45) is 5.92 Å². The molecule has 5 heteroatoms. The minimum atomic E-state index is -0.828. The quantitative estimate of drug-likeness (QED) is 0.903. The van der Waals surface area contributed by atoms with Gasteiger partial charge in [-0.3, -0.25) is 0 Å². The maximum atomic E-state index is 13.3. The highest BCUT2D eigenvalue weighted by atomic mass is 32.2. The van der Waals surface area contributed by atoms with Crippen LogP contribution in [-0.2, 0) is 4.74 Å². The van der Waals surface area contributed by atoms with Gasteiger partial charge in [0.25, 0.3) is 0 Å². The molecular weight excluding hydrogens is 294 g/mol. The second kappa shape index (κ2) is 6.23. The molecule has 116 valence electrons. The van der Waals surface area contributed by atoms with E-state index in [2.05, 4.69) is 0 Å². The van der Waals surface area contributed by atoms with Crippen LogP contribution in [0.25, 0.3) is 0 Å². The highest BCUT2D eigenvalue weighted by Gasteiger charge is 2.41. The van der Waals surface area contributed by atoms with Crippen LogP contribution in [0.2, 0.25) is 0 Å². The predicted molar refractivity (Wildman–Crippen MR) is 79.3 cm³/mol. The Morgan fingerprint density at radius 2 is 1.86 bits per heavy atom.